The third-order valence-corrected chi connectivity index (χ3v) is 6.09. The van der Waals surface area contributed by atoms with Crippen LogP contribution in [0.1, 0.15) is 80.7 Å². The number of rotatable bonds is 5. The van der Waals surface area contributed by atoms with Gasteiger partial charge in [-0.2, -0.15) is 0 Å². The molecule has 1 amide bonds. The molecule has 0 radical (unpaired) electrons. The van der Waals surface area contributed by atoms with Crippen molar-refractivity contribution in [2.45, 2.75) is 69.9 Å². The molecular weight excluding hydrogens is 290 g/mol. The van der Waals surface area contributed by atoms with E-state index in [1.165, 1.54) is 25.5 Å². The van der Waals surface area contributed by atoms with E-state index < -0.39 is 0 Å². The molecule has 1 aromatic heterocycles. The summed E-state index contributed by atoms with van der Waals surface area (Å²) in [5.74, 6) is 2.82. The van der Waals surface area contributed by atoms with E-state index in [9.17, 15) is 4.79 Å². The molecule has 4 fully saturated rings. The number of hydrogen-bond acceptors (Lipinski definition) is 4. The van der Waals surface area contributed by atoms with Crippen LogP contribution in [0.15, 0.2) is 10.7 Å². The fourth-order valence-corrected chi connectivity index (χ4v) is 5.57. The number of aromatic nitrogens is 1. The maximum atomic E-state index is 12.6. The van der Waals surface area contributed by atoms with Crippen molar-refractivity contribution in [1.82, 2.24) is 10.3 Å². The third-order valence-electron chi connectivity index (χ3n) is 6.09. The van der Waals surface area contributed by atoms with Crippen molar-refractivity contribution in [3.63, 3.8) is 0 Å². The second kappa shape index (κ2) is 5.62. The van der Waals surface area contributed by atoms with Gasteiger partial charge in [0.25, 0.3) is 5.91 Å². The highest BCUT2D eigenvalue weighted by Crippen LogP contribution is 2.55. The van der Waals surface area contributed by atoms with Gasteiger partial charge in [0.1, 0.15) is 6.26 Å². The van der Waals surface area contributed by atoms with Crippen molar-refractivity contribution in [1.29, 1.82) is 0 Å². The molecule has 5 rings (SSSR count). The van der Waals surface area contributed by atoms with E-state index in [4.69, 9.17) is 10.2 Å². The van der Waals surface area contributed by atoms with Gasteiger partial charge in [-0.05, 0) is 62.7 Å². The van der Waals surface area contributed by atoms with Gasteiger partial charge in [0.2, 0.25) is 5.89 Å². The van der Waals surface area contributed by atoms with E-state index in [1.807, 2.05) is 0 Å². The van der Waals surface area contributed by atoms with Gasteiger partial charge in [-0.25, -0.2) is 4.98 Å². The predicted molar refractivity (Wildman–Crippen MR) is 86.7 cm³/mol. The van der Waals surface area contributed by atoms with Gasteiger partial charge in [-0.15, -0.1) is 0 Å². The molecule has 0 spiro atoms. The van der Waals surface area contributed by atoms with Crippen LogP contribution in [0.5, 0.6) is 0 Å². The summed E-state index contributed by atoms with van der Waals surface area (Å²) in [5, 5.41) is 3.32. The van der Waals surface area contributed by atoms with E-state index >= 15 is 0 Å². The van der Waals surface area contributed by atoms with Gasteiger partial charge >= 0.3 is 0 Å². The molecule has 4 bridgehead atoms. The van der Waals surface area contributed by atoms with E-state index in [-0.39, 0.29) is 17.5 Å². The average molecular weight is 317 g/mol. The Hall–Kier alpha value is -1.36. The Morgan fingerprint density at radius 1 is 1.35 bits per heavy atom. The van der Waals surface area contributed by atoms with Crippen LogP contribution in [0.25, 0.3) is 0 Å². The molecule has 5 heteroatoms. The van der Waals surface area contributed by atoms with E-state index in [1.54, 1.807) is 0 Å². The zero-order valence-electron chi connectivity index (χ0n) is 13.9. The molecule has 4 aliphatic rings. The van der Waals surface area contributed by atoms with Crippen molar-refractivity contribution in [3.05, 3.63) is 17.8 Å². The molecule has 4 saturated carbocycles. The molecule has 5 nitrogen and oxygen atoms in total. The van der Waals surface area contributed by atoms with Gasteiger partial charge in [0.15, 0.2) is 5.69 Å². The number of carbonyl (C=O) groups is 1. The van der Waals surface area contributed by atoms with Crippen LogP contribution in [-0.4, -0.2) is 16.4 Å². The van der Waals surface area contributed by atoms with Crippen molar-refractivity contribution >= 4 is 5.91 Å². The monoisotopic (exact) mass is 317 g/mol. The third kappa shape index (κ3) is 2.80. The van der Waals surface area contributed by atoms with Crippen molar-refractivity contribution in [2.24, 2.45) is 23.5 Å². The quantitative estimate of drug-likeness (QED) is 0.874. The number of amides is 1. The second-order valence-corrected chi connectivity index (χ2v) is 8.12. The van der Waals surface area contributed by atoms with Gasteiger partial charge in [0.05, 0.1) is 6.04 Å². The molecule has 1 aromatic rings. The van der Waals surface area contributed by atoms with Crippen molar-refractivity contribution in [2.75, 3.05) is 0 Å². The maximum Gasteiger partial charge on any atom is 0.273 e. The topological polar surface area (TPSA) is 81.1 Å². The summed E-state index contributed by atoms with van der Waals surface area (Å²) in [7, 11) is 0. The second-order valence-electron chi connectivity index (χ2n) is 8.12. The lowest BCUT2D eigenvalue weighted by Gasteiger charge is -2.56. The molecule has 1 heterocycles. The Morgan fingerprint density at radius 2 is 1.96 bits per heavy atom. The van der Waals surface area contributed by atoms with Crippen LogP contribution in [0, 0.1) is 17.8 Å². The molecule has 1 unspecified atom stereocenters. The largest absolute Gasteiger partial charge is 0.446 e. The number of nitrogens with one attached hydrogen (secondary N) is 1. The number of hydrogen-bond donors (Lipinski definition) is 2. The zero-order chi connectivity index (χ0) is 16.0. The number of nitrogens with two attached hydrogens (primary N) is 1. The molecule has 0 aromatic carbocycles. The summed E-state index contributed by atoms with van der Waals surface area (Å²) < 4.78 is 5.42. The molecule has 126 valence electrons. The SMILES string of the molecule is CCCC(N)c1nc(C(=O)NC23CC4CC(CC(C4)C2)C3)co1. The van der Waals surface area contributed by atoms with Gasteiger partial charge in [0, 0.05) is 5.54 Å². The first-order valence-corrected chi connectivity index (χ1v) is 9.10. The number of carbonyl (C=O) groups excluding carboxylic acids is 1. The van der Waals surface area contributed by atoms with Crippen LogP contribution in [0.3, 0.4) is 0 Å². The minimum atomic E-state index is -0.221. The smallest absolute Gasteiger partial charge is 0.273 e. The van der Waals surface area contributed by atoms with Gasteiger partial charge in [-0.1, -0.05) is 13.3 Å². The highest BCUT2D eigenvalue weighted by Gasteiger charge is 2.51. The Balaban J connectivity index is 1.46. The first kappa shape index (κ1) is 15.2. The Kier molecular flexibility index (Phi) is 3.71. The summed E-state index contributed by atoms with van der Waals surface area (Å²) >= 11 is 0. The van der Waals surface area contributed by atoms with E-state index in [0.717, 1.165) is 49.9 Å². The molecule has 0 saturated heterocycles. The van der Waals surface area contributed by atoms with Crippen molar-refractivity contribution in [3.8, 4) is 0 Å². The van der Waals surface area contributed by atoms with Crippen molar-refractivity contribution < 1.29 is 9.21 Å². The van der Waals surface area contributed by atoms with Crippen LogP contribution in [-0.2, 0) is 0 Å². The Labute approximate surface area is 137 Å². The number of nitrogens with zero attached hydrogens (tertiary/aromatic N) is 1. The molecule has 3 N–H and O–H groups in total. The first-order chi connectivity index (χ1) is 11.1. The Bertz CT molecular complexity index is 560. The maximum absolute atomic E-state index is 12.6. The highest BCUT2D eigenvalue weighted by molar-refractivity contribution is 5.92. The lowest BCUT2D eigenvalue weighted by molar-refractivity contribution is -0.0167. The van der Waals surface area contributed by atoms with E-state index in [0.29, 0.717) is 11.6 Å². The minimum Gasteiger partial charge on any atom is -0.446 e. The highest BCUT2D eigenvalue weighted by atomic mass is 16.3. The fraction of sp³-hybridized carbons (Fsp3) is 0.778. The summed E-state index contributed by atoms with van der Waals surface area (Å²) in [5.41, 5.74) is 6.41. The molecule has 1 atom stereocenters. The van der Waals surface area contributed by atoms with E-state index in [2.05, 4.69) is 17.2 Å². The summed E-state index contributed by atoms with van der Waals surface area (Å²) in [6.45, 7) is 2.07. The normalized spacial score (nSPS) is 36.2. The minimum absolute atomic E-state index is 0.0104. The Morgan fingerprint density at radius 3 is 2.52 bits per heavy atom. The van der Waals surface area contributed by atoms with Crippen LogP contribution < -0.4 is 11.1 Å². The summed E-state index contributed by atoms with van der Waals surface area (Å²) in [6, 6.07) is -0.221. The molecular formula is C18H27N3O2. The molecule has 4 aliphatic carbocycles. The fourth-order valence-electron chi connectivity index (χ4n) is 5.57. The van der Waals surface area contributed by atoms with Crippen LogP contribution >= 0.6 is 0 Å². The number of oxazole rings is 1. The predicted octanol–water partition coefficient (Wildman–Crippen LogP) is 3.17. The summed E-state index contributed by atoms with van der Waals surface area (Å²) in [4.78, 5) is 17.0. The van der Waals surface area contributed by atoms with Gasteiger partial charge < -0.3 is 15.5 Å². The van der Waals surface area contributed by atoms with Gasteiger partial charge in [-0.3, -0.25) is 4.79 Å². The lowest BCUT2D eigenvalue weighted by atomic mass is 9.53. The first-order valence-electron chi connectivity index (χ1n) is 9.10. The molecule has 23 heavy (non-hydrogen) atoms. The average Bonchev–Trinajstić information content (AvgIpc) is 2.95. The zero-order valence-corrected chi connectivity index (χ0v) is 13.9. The molecule has 0 aliphatic heterocycles. The summed E-state index contributed by atoms with van der Waals surface area (Å²) in [6.07, 6.45) is 10.8. The lowest BCUT2D eigenvalue weighted by Crippen LogP contribution is -2.59. The standard InChI is InChI=1S/C18H27N3O2/c1-2-3-14(19)17-20-15(10-23-17)16(22)21-18-7-11-4-12(8-18)6-13(5-11)9-18/h10-14H,2-9,19H2,1H3,(H,21,22). The van der Waals surface area contributed by atoms with Crippen LogP contribution in [0.2, 0.25) is 0 Å². The van der Waals surface area contributed by atoms with Crippen LogP contribution in [0.4, 0.5) is 0 Å².